The van der Waals surface area contributed by atoms with E-state index in [0.29, 0.717) is 0 Å². The first-order valence-electron chi connectivity index (χ1n) is 9.55. The third-order valence-electron chi connectivity index (χ3n) is 5.75. The molecule has 7 nitrogen and oxygen atoms in total. The number of nitrogens with one attached hydrogen (secondary N) is 1. The van der Waals surface area contributed by atoms with Crippen LogP contribution in [0.4, 0.5) is 0 Å². The van der Waals surface area contributed by atoms with Gasteiger partial charge in [-0.05, 0) is 51.6 Å². The van der Waals surface area contributed by atoms with Crippen molar-refractivity contribution in [1.29, 1.82) is 0 Å². The number of nitrogens with zero attached hydrogens (tertiary/aromatic N) is 1. The van der Waals surface area contributed by atoms with Crippen LogP contribution in [0.25, 0.3) is 0 Å². The molecule has 0 aromatic carbocycles. The Morgan fingerprint density at radius 2 is 1.85 bits per heavy atom. The zero-order valence-corrected chi connectivity index (χ0v) is 16.7. The average Bonchev–Trinajstić information content (AvgIpc) is 2.85. The van der Waals surface area contributed by atoms with Gasteiger partial charge in [0.2, 0.25) is 0 Å². The zero-order chi connectivity index (χ0) is 19.7. The van der Waals surface area contributed by atoms with E-state index in [-0.39, 0.29) is 12.2 Å². The molecule has 0 aliphatic carbocycles. The molecule has 0 aromatic rings. The van der Waals surface area contributed by atoms with Crippen molar-refractivity contribution in [3.63, 3.8) is 0 Å². The maximum Gasteiger partial charge on any atom is 0.494 e. The van der Waals surface area contributed by atoms with Crippen LogP contribution in [0.5, 0.6) is 0 Å². The monoisotopic (exact) mass is 374 g/mol. The Kier molecular flexibility index (Phi) is 5.81. The Hall–Kier alpha value is -1.61. The van der Waals surface area contributed by atoms with Gasteiger partial charge in [-0.25, -0.2) is 0 Å². The van der Waals surface area contributed by atoms with Gasteiger partial charge in [-0.2, -0.15) is 0 Å². The van der Waals surface area contributed by atoms with Crippen LogP contribution < -0.4 is 16.8 Å². The molecule has 0 bridgehead atoms. The van der Waals surface area contributed by atoms with Crippen LogP contribution in [0.3, 0.4) is 0 Å². The number of dihydropyridines is 1. The van der Waals surface area contributed by atoms with E-state index in [0.717, 1.165) is 42.7 Å². The topological polar surface area (TPSA) is 104 Å². The van der Waals surface area contributed by atoms with Crippen LogP contribution in [0.15, 0.2) is 40.1 Å². The standard InChI is InChI=1S/C19H31BN4O3/c1-18(2)19(3,4)27-20(26-18)16-9-13(11-24-17(16)22)14(10-21)12-23-15-5-7-25-8-6-15/h9-12,15,17,24H,5-8,21-22H2,1-4H3. The third-order valence-corrected chi connectivity index (χ3v) is 5.75. The molecule has 0 aromatic heterocycles. The summed E-state index contributed by atoms with van der Waals surface area (Å²) in [5.41, 5.74) is 13.8. The molecule has 1 unspecified atom stereocenters. The first-order chi connectivity index (χ1) is 12.7. The summed E-state index contributed by atoms with van der Waals surface area (Å²) in [6.45, 7) is 9.62. The highest BCUT2D eigenvalue weighted by atomic mass is 16.7. The fraction of sp³-hybridized carbons (Fsp3) is 0.632. The highest BCUT2D eigenvalue weighted by Crippen LogP contribution is 2.39. The molecule has 3 heterocycles. The minimum Gasteiger partial charge on any atom is -0.404 e. The molecule has 2 fully saturated rings. The molecule has 0 radical (unpaired) electrons. The summed E-state index contributed by atoms with van der Waals surface area (Å²) in [6.07, 6.45) is 8.72. The molecule has 148 valence electrons. The van der Waals surface area contributed by atoms with Gasteiger partial charge in [0, 0.05) is 37.4 Å². The SMILES string of the molecule is CC1(C)OB(C2=CC(C(C=NC3CCOCC3)=CN)=CNC2N)OC1(C)C. The summed E-state index contributed by atoms with van der Waals surface area (Å²) in [7, 11) is -0.507. The molecule has 2 saturated heterocycles. The van der Waals surface area contributed by atoms with Gasteiger partial charge in [0.1, 0.15) is 0 Å². The number of allylic oxidation sites excluding steroid dienone is 3. The van der Waals surface area contributed by atoms with Gasteiger partial charge in [0.15, 0.2) is 0 Å². The van der Waals surface area contributed by atoms with Gasteiger partial charge in [-0.3, -0.25) is 4.99 Å². The number of nitrogens with two attached hydrogens (primary N) is 2. The van der Waals surface area contributed by atoms with Crippen molar-refractivity contribution in [2.45, 2.75) is 63.9 Å². The van der Waals surface area contributed by atoms with Crippen LogP contribution >= 0.6 is 0 Å². The largest absolute Gasteiger partial charge is 0.494 e. The van der Waals surface area contributed by atoms with Crippen LogP contribution in [0.2, 0.25) is 0 Å². The lowest BCUT2D eigenvalue weighted by atomic mass is 9.74. The van der Waals surface area contributed by atoms with E-state index in [1.165, 1.54) is 0 Å². The van der Waals surface area contributed by atoms with E-state index >= 15 is 0 Å². The highest BCUT2D eigenvalue weighted by molar-refractivity contribution is 6.55. The normalized spacial score (nSPS) is 28.9. The lowest BCUT2D eigenvalue weighted by Gasteiger charge is -2.32. The Morgan fingerprint density at radius 3 is 2.44 bits per heavy atom. The highest BCUT2D eigenvalue weighted by Gasteiger charge is 2.53. The summed E-state index contributed by atoms with van der Waals surface area (Å²) < 4.78 is 17.7. The predicted molar refractivity (Wildman–Crippen MR) is 108 cm³/mol. The fourth-order valence-corrected chi connectivity index (χ4v) is 3.18. The second-order valence-electron chi connectivity index (χ2n) is 8.22. The maximum atomic E-state index is 6.25. The van der Waals surface area contributed by atoms with Crippen molar-refractivity contribution in [2.24, 2.45) is 16.5 Å². The lowest BCUT2D eigenvalue weighted by Crippen LogP contribution is -2.44. The molecule has 3 aliphatic heterocycles. The Labute approximate surface area is 162 Å². The van der Waals surface area contributed by atoms with E-state index in [1.54, 1.807) is 6.20 Å². The molecule has 8 heteroatoms. The number of hydrogen-bond donors (Lipinski definition) is 3. The summed E-state index contributed by atoms with van der Waals surface area (Å²) in [5, 5.41) is 3.18. The molecular formula is C19H31BN4O3. The van der Waals surface area contributed by atoms with E-state index in [9.17, 15) is 0 Å². The summed E-state index contributed by atoms with van der Waals surface area (Å²) >= 11 is 0. The minimum absolute atomic E-state index is 0.277. The number of aliphatic imine (C=N–C) groups is 1. The average molecular weight is 374 g/mol. The fourth-order valence-electron chi connectivity index (χ4n) is 3.18. The number of ether oxygens (including phenoxy) is 1. The van der Waals surface area contributed by atoms with E-state index in [4.69, 9.17) is 25.5 Å². The van der Waals surface area contributed by atoms with Crippen molar-refractivity contribution in [3.8, 4) is 0 Å². The molecule has 3 rings (SSSR count). The first-order valence-corrected chi connectivity index (χ1v) is 9.55. The van der Waals surface area contributed by atoms with E-state index in [1.807, 2.05) is 46.2 Å². The van der Waals surface area contributed by atoms with Crippen LogP contribution in [-0.2, 0) is 14.0 Å². The van der Waals surface area contributed by atoms with Crippen molar-refractivity contribution < 1.29 is 14.0 Å². The van der Waals surface area contributed by atoms with Crippen LogP contribution in [0.1, 0.15) is 40.5 Å². The van der Waals surface area contributed by atoms with Gasteiger partial charge in [0.05, 0.1) is 23.4 Å². The van der Waals surface area contributed by atoms with Crippen LogP contribution in [-0.4, -0.2) is 50.0 Å². The summed E-state index contributed by atoms with van der Waals surface area (Å²) in [5.74, 6) is 0. The smallest absolute Gasteiger partial charge is 0.404 e. The molecule has 0 amide bonds. The summed E-state index contributed by atoms with van der Waals surface area (Å²) in [6, 6.07) is 0.277. The number of rotatable bonds is 4. The van der Waals surface area contributed by atoms with Crippen molar-refractivity contribution >= 4 is 13.3 Å². The van der Waals surface area contributed by atoms with Gasteiger partial charge in [-0.15, -0.1) is 0 Å². The second kappa shape index (κ2) is 7.79. The molecule has 0 saturated carbocycles. The number of hydrogen-bond acceptors (Lipinski definition) is 7. The molecular weight excluding hydrogens is 343 g/mol. The predicted octanol–water partition coefficient (Wildman–Crippen LogP) is 1.41. The van der Waals surface area contributed by atoms with E-state index < -0.39 is 18.3 Å². The zero-order valence-electron chi connectivity index (χ0n) is 16.7. The van der Waals surface area contributed by atoms with Crippen LogP contribution in [0, 0.1) is 0 Å². The molecule has 0 spiro atoms. The van der Waals surface area contributed by atoms with Crippen molar-refractivity contribution in [3.05, 3.63) is 35.1 Å². The Bertz CT molecular complexity index is 662. The molecule has 5 N–H and O–H groups in total. The lowest BCUT2D eigenvalue weighted by molar-refractivity contribution is 0.00578. The first kappa shape index (κ1) is 20.1. The minimum atomic E-state index is -0.507. The quantitative estimate of drug-likeness (QED) is 0.508. The van der Waals surface area contributed by atoms with Crippen molar-refractivity contribution in [2.75, 3.05) is 13.2 Å². The second-order valence-corrected chi connectivity index (χ2v) is 8.22. The molecule has 27 heavy (non-hydrogen) atoms. The Balaban J connectivity index is 1.77. The van der Waals surface area contributed by atoms with Gasteiger partial charge < -0.3 is 30.8 Å². The van der Waals surface area contributed by atoms with E-state index in [2.05, 4.69) is 10.3 Å². The van der Waals surface area contributed by atoms with Crippen molar-refractivity contribution in [1.82, 2.24) is 5.32 Å². The van der Waals surface area contributed by atoms with Gasteiger partial charge >= 0.3 is 7.12 Å². The summed E-state index contributed by atoms with van der Waals surface area (Å²) in [4.78, 5) is 4.67. The van der Waals surface area contributed by atoms with Gasteiger partial charge in [0.25, 0.3) is 0 Å². The van der Waals surface area contributed by atoms with Gasteiger partial charge in [-0.1, -0.05) is 6.08 Å². The molecule has 3 aliphatic rings. The Morgan fingerprint density at radius 1 is 1.22 bits per heavy atom. The molecule has 1 atom stereocenters. The maximum absolute atomic E-state index is 6.25. The third kappa shape index (κ3) is 4.29.